The van der Waals surface area contributed by atoms with Gasteiger partial charge in [-0.05, 0) is 36.5 Å². The van der Waals surface area contributed by atoms with E-state index in [0.29, 0.717) is 24.6 Å². The molecule has 1 fully saturated rings. The van der Waals surface area contributed by atoms with Gasteiger partial charge in [0.15, 0.2) is 0 Å². The molecule has 3 N–H and O–H groups in total. The molecular formula is C14H20N2O2. The molecular weight excluding hydrogens is 228 g/mol. The van der Waals surface area contributed by atoms with Crippen molar-refractivity contribution >= 4 is 5.91 Å². The van der Waals surface area contributed by atoms with Crippen LogP contribution in [0.1, 0.15) is 28.8 Å². The van der Waals surface area contributed by atoms with Crippen LogP contribution < -0.4 is 11.1 Å². The van der Waals surface area contributed by atoms with Gasteiger partial charge in [-0.25, -0.2) is 0 Å². The Balaban J connectivity index is 1.95. The van der Waals surface area contributed by atoms with E-state index >= 15 is 0 Å². The average Bonchev–Trinajstić information content (AvgIpc) is 3.21. The normalized spacial score (nSPS) is 16.3. The minimum Gasteiger partial charge on any atom is -0.380 e. The molecule has 1 atom stereocenters. The van der Waals surface area contributed by atoms with E-state index in [9.17, 15) is 4.79 Å². The Kier molecular flexibility index (Phi) is 4.33. The van der Waals surface area contributed by atoms with Crippen molar-refractivity contribution in [2.24, 2.45) is 11.7 Å². The molecule has 0 aliphatic heterocycles. The molecule has 1 aliphatic rings. The van der Waals surface area contributed by atoms with Crippen LogP contribution in [0.25, 0.3) is 0 Å². The van der Waals surface area contributed by atoms with Crippen molar-refractivity contribution in [3.63, 3.8) is 0 Å². The smallest absolute Gasteiger partial charge is 0.251 e. The molecule has 0 saturated heterocycles. The first-order valence-corrected chi connectivity index (χ1v) is 6.33. The molecule has 0 bridgehead atoms. The molecule has 1 saturated carbocycles. The SMILES string of the molecule is COCc1ccc(C(=O)NC(CN)C2CC2)cc1. The fraction of sp³-hybridized carbons (Fsp3) is 0.500. The Morgan fingerprint density at radius 1 is 1.44 bits per heavy atom. The number of rotatable bonds is 6. The van der Waals surface area contributed by atoms with Crippen LogP contribution in [-0.4, -0.2) is 25.6 Å². The highest BCUT2D eigenvalue weighted by molar-refractivity contribution is 5.94. The van der Waals surface area contributed by atoms with Gasteiger partial charge in [0.25, 0.3) is 5.91 Å². The van der Waals surface area contributed by atoms with E-state index in [1.807, 2.05) is 24.3 Å². The Morgan fingerprint density at radius 2 is 2.11 bits per heavy atom. The molecule has 18 heavy (non-hydrogen) atoms. The maximum Gasteiger partial charge on any atom is 0.251 e. The lowest BCUT2D eigenvalue weighted by Crippen LogP contribution is -2.41. The lowest BCUT2D eigenvalue weighted by Gasteiger charge is -2.16. The second kappa shape index (κ2) is 5.98. The molecule has 0 spiro atoms. The Bertz CT molecular complexity index is 399. The number of hydrogen-bond donors (Lipinski definition) is 2. The standard InChI is InChI=1S/C14H20N2O2/c1-18-9-10-2-4-12(5-3-10)14(17)16-13(8-15)11-6-7-11/h2-5,11,13H,6-9,15H2,1H3,(H,16,17). The van der Waals surface area contributed by atoms with E-state index in [1.165, 1.54) is 12.8 Å². The zero-order chi connectivity index (χ0) is 13.0. The summed E-state index contributed by atoms with van der Waals surface area (Å²) in [4.78, 5) is 12.0. The minimum absolute atomic E-state index is 0.0404. The summed E-state index contributed by atoms with van der Waals surface area (Å²) in [5.41, 5.74) is 7.41. The number of amides is 1. The van der Waals surface area contributed by atoms with Gasteiger partial charge in [-0.1, -0.05) is 12.1 Å². The molecule has 1 amide bonds. The topological polar surface area (TPSA) is 64.3 Å². The molecule has 0 radical (unpaired) electrons. The van der Waals surface area contributed by atoms with Gasteiger partial charge in [0, 0.05) is 25.3 Å². The molecule has 1 aromatic carbocycles. The summed E-state index contributed by atoms with van der Waals surface area (Å²) in [7, 11) is 1.65. The zero-order valence-corrected chi connectivity index (χ0v) is 10.7. The van der Waals surface area contributed by atoms with E-state index in [4.69, 9.17) is 10.5 Å². The Morgan fingerprint density at radius 3 is 2.61 bits per heavy atom. The third-order valence-electron chi connectivity index (χ3n) is 3.29. The molecule has 1 unspecified atom stereocenters. The number of benzene rings is 1. The van der Waals surface area contributed by atoms with Gasteiger partial charge in [0.1, 0.15) is 0 Å². The predicted molar refractivity (Wildman–Crippen MR) is 70.2 cm³/mol. The number of carbonyl (C=O) groups excluding carboxylic acids is 1. The quantitative estimate of drug-likeness (QED) is 0.797. The van der Waals surface area contributed by atoms with Gasteiger partial charge < -0.3 is 15.8 Å². The van der Waals surface area contributed by atoms with E-state index in [2.05, 4.69) is 5.32 Å². The number of methoxy groups -OCH3 is 1. The lowest BCUT2D eigenvalue weighted by atomic mass is 10.1. The molecule has 98 valence electrons. The van der Waals surface area contributed by atoms with Crippen LogP contribution in [0.3, 0.4) is 0 Å². The van der Waals surface area contributed by atoms with Crippen LogP contribution in [0, 0.1) is 5.92 Å². The summed E-state index contributed by atoms with van der Waals surface area (Å²) < 4.78 is 5.03. The summed E-state index contributed by atoms with van der Waals surface area (Å²) in [6.45, 7) is 1.08. The maximum absolute atomic E-state index is 12.0. The largest absolute Gasteiger partial charge is 0.380 e. The first-order chi connectivity index (χ1) is 8.74. The highest BCUT2D eigenvalue weighted by Gasteiger charge is 2.31. The van der Waals surface area contributed by atoms with Crippen molar-refractivity contribution in [3.05, 3.63) is 35.4 Å². The summed E-state index contributed by atoms with van der Waals surface area (Å²) in [6.07, 6.45) is 2.35. The van der Waals surface area contributed by atoms with E-state index in [1.54, 1.807) is 7.11 Å². The molecule has 0 aromatic heterocycles. The fourth-order valence-corrected chi connectivity index (χ4v) is 2.04. The van der Waals surface area contributed by atoms with Crippen molar-refractivity contribution in [1.82, 2.24) is 5.32 Å². The summed E-state index contributed by atoms with van der Waals surface area (Å²) in [5, 5.41) is 3.00. The van der Waals surface area contributed by atoms with Crippen LogP contribution >= 0.6 is 0 Å². The highest BCUT2D eigenvalue weighted by Crippen LogP contribution is 2.32. The Hall–Kier alpha value is -1.39. The van der Waals surface area contributed by atoms with Gasteiger partial charge in [0.05, 0.1) is 6.61 Å². The maximum atomic E-state index is 12.0. The number of ether oxygens (including phenoxy) is 1. The first-order valence-electron chi connectivity index (χ1n) is 6.33. The van der Waals surface area contributed by atoms with Crippen molar-refractivity contribution in [2.75, 3.05) is 13.7 Å². The molecule has 2 rings (SSSR count). The molecule has 4 heteroatoms. The van der Waals surface area contributed by atoms with Gasteiger partial charge in [-0.2, -0.15) is 0 Å². The van der Waals surface area contributed by atoms with E-state index in [-0.39, 0.29) is 11.9 Å². The number of nitrogens with two attached hydrogens (primary N) is 1. The third-order valence-corrected chi connectivity index (χ3v) is 3.29. The van der Waals surface area contributed by atoms with Crippen LogP contribution in [0.5, 0.6) is 0 Å². The predicted octanol–water partition coefficient (Wildman–Crippen LogP) is 1.30. The van der Waals surface area contributed by atoms with Crippen LogP contribution in [0.15, 0.2) is 24.3 Å². The van der Waals surface area contributed by atoms with E-state index < -0.39 is 0 Å². The monoisotopic (exact) mass is 248 g/mol. The van der Waals surface area contributed by atoms with Crippen molar-refractivity contribution < 1.29 is 9.53 Å². The number of nitrogens with one attached hydrogen (secondary N) is 1. The minimum atomic E-state index is -0.0404. The van der Waals surface area contributed by atoms with Gasteiger partial charge in [-0.3, -0.25) is 4.79 Å². The molecule has 1 aliphatic carbocycles. The summed E-state index contributed by atoms with van der Waals surface area (Å²) in [6, 6.07) is 7.59. The summed E-state index contributed by atoms with van der Waals surface area (Å²) in [5.74, 6) is 0.535. The molecule has 0 heterocycles. The van der Waals surface area contributed by atoms with Gasteiger partial charge in [0.2, 0.25) is 0 Å². The molecule has 4 nitrogen and oxygen atoms in total. The van der Waals surface area contributed by atoms with Crippen LogP contribution in [0.2, 0.25) is 0 Å². The second-order valence-electron chi connectivity index (χ2n) is 4.78. The second-order valence-corrected chi connectivity index (χ2v) is 4.78. The van der Waals surface area contributed by atoms with Gasteiger partial charge in [-0.15, -0.1) is 0 Å². The first kappa shape index (κ1) is 13.1. The average molecular weight is 248 g/mol. The van der Waals surface area contributed by atoms with Crippen LogP contribution in [0.4, 0.5) is 0 Å². The third kappa shape index (κ3) is 3.31. The Labute approximate surface area is 108 Å². The van der Waals surface area contributed by atoms with Crippen molar-refractivity contribution in [2.45, 2.75) is 25.5 Å². The van der Waals surface area contributed by atoms with Crippen molar-refractivity contribution in [3.8, 4) is 0 Å². The van der Waals surface area contributed by atoms with Gasteiger partial charge >= 0.3 is 0 Å². The lowest BCUT2D eigenvalue weighted by molar-refractivity contribution is 0.0933. The molecule has 1 aromatic rings. The van der Waals surface area contributed by atoms with E-state index in [0.717, 1.165) is 5.56 Å². The van der Waals surface area contributed by atoms with Crippen molar-refractivity contribution in [1.29, 1.82) is 0 Å². The van der Waals surface area contributed by atoms with Crippen LogP contribution in [-0.2, 0) is 11.3 Å². The number of hydrogen-bond acceptors (Lipinski definition) is 3. The highest BCUT2D eigenvalue weighted by atomic mass is 16.5. The number of carbonyl (C=O) groups is 1. The summed E-state index contributed by atoms with van der Waals surface area (Å²) >= 11 is 0. The zero-order valence-electron chi connectivity index (χ0n) is 10.7. The fourth-order valence-electron chi connectivity index (χ4n) is 2.04.